The second kappa shape index (κ2) is 5.87. The summed E-state index contributed by atoms with van der Waals surface area (Å²) in [5.74, 6) is 0.595. The fourth-order valence-corrected chi connectivity index (χ4v) is 1.69. The number of hydrogen-bond acceptors (Lipinski definition) is 3. The van der Waals surface area contributed by atoms with Gasteiger partial charge in [-0.3, -0.25) is 0 Å². The molecule has 16 heavy (non-hydrogen) atoms. The van der Waals surface area contributed by atoms with Crippen LogP contribution in [0.5, 0.6) is 5.75 Å². The Bertz CT molecular complexity index is 307. The molecule has 0 fully saturated rings. The maximum Gasteiger partial charge on any atom is 0.118 e. The molecule has 0 amide bonds. The Balaban J connectivity index is 2.75. The van der Waals surface area contributed by atoms with Crippen molar-refractivity contribution >= 4 is 0 Å². The van der Waals surface area contributed by atoms with Gasteiger partial charge in [0, 0.05) is 5.92 Å². The number of ether oxygens (including phenoxy) is 1. The Morgan fingerprint density at radius 1 is 1.19 bits per heavy atom. The quantitative estimate of drug-likeness (QED) is 0.805. The molecule has 2 N–H and O–H groups in total. The average Bonchev–Trinajstić information content (AvgIpc) is 2.36. The van der Waals surface area contributed by atoms with Crippen LogP contribution in [-0.2, 0) is 0 Å². The minimum atomic E-state index is -0.638. The topological polar surface area (TPSA) is 49.7 Å². The van der Waals surface area contributed by atoms with Gasteiger partial charge in [-0.25, -0.2) is 0 Å². The van der Waals surface area contributed by atoms with Crippen LogP contribution in [0.2, 0.25) is 0 Å². The number of hydrogen-bond donors (Lipinski definition) is 2. The summed E-state index contributed by atoms with van der Waals surface area (Å²) in [5, 5.41) is 19.7. The van der Waals surface area contributed by atoms with Gasteiger partial charge in [0.15, 0.2) is 0 Å². The van der Waals surface area contributed by atoms with Crippen molar-refractivity contribution in [2.75, 3.05) is 7.11 Å². The first kappa shape index (κ1) is 13.0. The predicted octanol–water partition coefficient (Wildman–Crippen LogP) is 2.14. The molecule has 0 radical (unpaired) electrons. The molecule has 0 unspecified atom stereocenters. The van der Waals surface area contributed by atoms with Crippen LogP contribution in [0.4, 0.5) is 0 Å². The third-order valence-corrected chi connectivity index (χ3v) is 2.98. The molecule has 0 aromatic heterocycles. The maximum atomic E-state index is 10.1. The normalized spacial score (nSPS) is 16.6. The van der Waals surface area contributed by atoms with Crippen LogP contribution < -0.4 is 4.74 Å². The fourth-order valence-electron chi connectivity index (χ4n) is 1.69. The van der Waals surface area contributed by atoms with Gasteiger partial charge in [0.25, 0.3) is 0 Å². The third-order valence-electron chi connectivity index (χ3n) is 2.98. The van der Waals surface area contributed by atoms with Gasteiger partial charge in [-0.2, -0.15) is 0 Å². The molecule has 0 saturated heterocycles. The summed E-state index contributed by atoms with van der Waals surface area (Å²) in [5.41, 5.74) is 0.806. The highest BCUT2D eigenvalue weighted by Gasteiger charge is 2.22. The zero-order valence-corrected chi connectivity index (χ0v) is 10.1. The molecule has 0 aliphatic carbocycles. The van der Waals surface area contributed by atoms with E-state index in [1.165, 1.54) is 0 Å². The molecule has 0 saturated carbocycles. The predicted molar refractivity (Wildman–Crippen MR) is 63.4 cm³/mol. The van der Waals surface area contributed by atoms with Crippen LogP contribution in [0.15, 0.2) is 24.3 Å². The largest absolute Gasteiger partial charge is 0.497 e. The van der Waals surface area contributed by atoms with Crippen LogP contribution in [0.3, 0.4) is 0 Å². The molecule has 0 aliphatic heterocycles. The lowest BCUT2D eigenvalue weighted by atomic mass is 9.91. The van der Waals surface area contributed by atoms with E-state index in [0.29, 0.717) is 6.42 Å². The first-order valence-electron chi connectivity index (χ1n) is 5.60. The van der Waals surface area contributed by atoms with Crippen LogP contribution in [0.1, 0.15) is 31.9 Å². The molecule has 90 valence electrons. The fraction of sp³-hybridized carbons (Fsp3) is 0.538. The minimum absolute atomic E-state index is 0.168. The second-order valence-corrected chi connectivity index (χ2v) is 4.05. The molecule has 0 bridgehead atoms. The SMILES string of the molecule is CC[C@@H](O)[C@H](C)[C@H](O)c1ccc(OC)cc1. The van der Waals surface area contributed by atoms with Crippen LogP contribution >= 0.6 is 0 Å². The second-order valence-electron chi connectivity index (χ2n) is 4.05. The van der Waals surface area contributed by atoms with Crippen molar-refractivity contribution in [3.05, 3.63) is 29.8 Å². The highest BCUT2D eigenvalue weighted by molar-refractivity contribution is 5.28. The van der Waals surface area contributed by atoms with E-state index in [1.807, 2.05) is 38.1 Å². The summed E-state index contributed by atoms with van der Waals surface area (Å²) in [4.78, 5) is 0. The van der Waals surface area contributed by atoms with Gasteiger partial charge in [0.2, 0.25) is 0 Å². The molecular weight excluding hydrogens is 204 g/mol. The van der Waals surface area contributed by atoms with Crippen molar-refractivity contribution in [2.45, 2.75) is 32.5 Å². The van der Waals surface area contributed by atoms with Crippen molar-refractivity contribution < 1.29 is 14.9 Å². The van der Waals surface area contributed by atoms with Gasteiger partial charge in [0.05, 0.1) is 19.3 Å². The number of benzene rings is 1. The zero-order chi connectivity index (χ0) is 12.1. The van der Waals surface area contributed by atoms with Crippen LogP contribution in [0, 0.1) is 5.92 Å². The molecule has 1 rings (SSSR count). The van der Waals surface area contributed by atoms with E-state index >= 15 is 0 Å². The van der Waals surface area contributed by atoms with Crippen molar-refractivity contribution in [3.8, 4) is 5.75 Å². The number of methoxy groups -OCH3 is 1. The summed E-state index contributed by atoms with van der Waals surface area (Å²) in [6.07, 6.45) is -0.466. The molecule has 3 atom stereocenters. The van der Waals surface area contributed by atoms with E-state index in [0.717, 1.165) is 11.3 Å². The molecule has 0 spiro atoms. The van der Waals surface area contributed by atoms with Crippen LogP contribution in [0.25, 0.3) is 0 Å². The smallest absolute Gasteiger partial charge is 0.118 e. The van der Waals surface area contributed by atoms with E-state index in [2.05, 4.69) is 0 Å². The highest BCUT2D eigenvalue weighted by Crippen LogP contribution is 2.26. The molecule has 1 aromatic carbocycles. The maximum absolute atomic E-state index is 10.1. The van der Waals surface area contributed by atoms with Gasteiger partial charge in [-0.05, 0) is 24.1 Å². The Morgan fingerprint density at radius 2 is 1.75 bits per heavy atom. The first-order valence-corrected chi connectivity index (χ1v) is 5.60. The van der Waals surface area contributed by atoms with Gasteiger partial charge < -0.3 is 14.9 Å². The summed E-state index contributed by atoms with van der Waals surface area (Å²) in [7, 11) is 1.61. The monoisotopic (exact) mass is 224 g/mol. The third kappa shape index (κ3) is 2.97. The number of aliphatic hydroxyl groups is 2. The summed E-state index contributed by atoms with van der Waals surface area (Å²) in [6, 6.07) is 7.26. The van der Waals surface area contributed by atoms with E-state index in [9.17, 15) is 10.2 Å². The summed E-state index contributed by atoms with van der Waals surface area (Å²) >= 11 is 0. The lowest BCUT2D eigenvalue weighted by Crippen LogP contribution is -2.23. The van der Waals surface area contributed by atoms with E-state index in [-0.39, 0.29) is 5.92 Å². The van der Waals surface area contributed by atoms with Crippen molar-refractivity contribution in [1.82, 2.24) is 0 Å². The van der Waals surface area contributed by atoms with E-state index in [4.69, 9.17) is 4.74 Å². The summed E-state index contributed by atoms with van der Waals surface area (Å²) in [6.45, 7) is 3.75. The van der Waals surface area contributed by atoms with Crippen molar-refractivity contribution in [1.29, 1.82) is 0 Å². The minimum Gasteiger partial charge on any atom is -0.497 e. The van der Waals surface area contributed by atoms with Crippen molar-refractivity contribution in [3.63, 3.8) is 0 Å². The Kier molecular flexibility index (Phi) is 4.77. The molecule has 0 aliphatic rings. The lowest BCUT2D eigenvalue weighted by Gasteiger charge is -2.23. The van der Waals surface area contributed by atoms with Crippen LogP contribution in [-0.4, -0.2) is 23.4 Å². The Hall–Kier alpha value is -1.06. The van der Waals surface area contributed by atoms with Gasteiger partial charge in [-0.15, -0.1) is 0 Å². The molecule has 3 nitrogen and oxygen atoms in total. The molecule has 0 heterocycles. The molecular formula is C13H20O3. The standard InChI is InChI=1S/C13H20O3/c1-4-12(14)9(2)13(15)10-5-7-11(16-3)8-6-10/h5-9,12-15H,4H2,1-3H3/t9-,12+,13-/m0/s1. The Morgan fingerprint density at radius 3 is 2.19 bits per heavy atom. The lowest BCUT2D eigenvalue weighted by molar-refractivity contribution is 0.0192. The number of aliphatic hydroxyl groups excluding tert-OH is 2. The Labute approximate surface area is 96.7 Å². The van der Waals surface area contributed by atoms with Crippen molar-refractivity contribution in [2.24, 2.45) is 5.92 Å². The molecule has 1 aromatic rings. The highest BCUT2D eigenvalue weighted by atomic mass is 16.5. The number of rotatable bonds is 5. The first-order chi connectivity index (χ1) is 7.60. The zero-order valence-electron chi connectivity index (χ0n) is 10.1. The van der Waals surface area contributed by atoms with E-state index < -0.39 is 12.2 Å². The average molecular weight is 224 g/mol. The van der Waals surface area contributed by atoms with Gasteiger partial charge in [-0.1, -0.05) is 26.0 Å². The van der Waals surface area contributed by atoms with E-state index in [1.54, 1.807) is 7.11 Å². The van der Waals surface area contributed by atoms with Gasteiger partial charge >= 0.3 is 0 Å². The van der Waals surface area contributed by atoms with Gasteiger partial charge in [0.1, 0.15) is 5.75 Å². The summed E-state index contributed by atoms with van der Waals surface area (Å²) < 4.78 is 5.05. The molecule has 3 heteroatoms.